The molecule has 0 aliphatic rings. The molecule has 6 heteroatoms. The van der Waals surface area contributed by atoms with E-state index in [9.17, 15) is 4.39 Å². The number of alkyl halides is 1. The molecule has 0 aliphatic carbocycles. The van der Waals surface area contributed by atoms with Crippen LogP contribution in [0.4, 0.5) is 4.39 Å². The van der Waals surface area contributed by atoms with Crippen molar-refractivity contribution in [2.24, 2.45) is 0 Å². The second-order valence-electron chi connectivity index (χ2n) is 4.70. The quantitative estimate of drug-likeness (QED) is 0.641. The highest BCUT2D eigenvalue weighted by Gasteiger charge is 2.15. The van der Waals surface area contributed by atoms with Gasteiger partial charge in [0.05, 0.1) is 10.2 Å². The van der Waals surface area contributed by atoms with Crippen LogP contribution in [0.25, 0.3) is 16.9 Å². The van der Waals surface area contributed by atoms with Crippen LogP contribution >= 0.6 is 27.5 Å². The van der Waals surface area contributed by atoms with Crippen molar-refractivity contribution in [3.8, 4) is 5.69 Å². The molecule has 0 saturated carbocycles. The Balaban J connectivity index is 2.30. The molecule has 0 bridgehead atoms. The van der Waals surface area contributed by atoms with Crippen LogP contribution < -0.4 is 0 Å². The van der Waals surface area contributed by atoms with Crippen LogP contribution in [0.1, 0.15) is 11.4 Å². The van der Waals surface area contributed by atoms with Crippen molar-refractivity contribution < 1.29 is 4.39 Å². The molecule has 0 atom stereocenters. The molecule has 0 saturated heterocycles. The number of benzene rings is 1. The summed E-state index contributed by atoms with van der Waals surface area (Å²) in [6, 6.07) is 6.88. The van der Waals surface area contributed by atoms with Crippen LogP contribution in [0.2, 0.25) is 0 Å². The van der Waals surface area contributed by atoms with Crippen LogP contribution in [0.3, 0.4) is 0 Å². The SMILES string of the molecule is Cc1ccnc2c1nc(CCCl)n2-c1ccc(Br)c(F)c1. The molecule has 108 valence electrons. The molecule has 0 aliphatic heterocycles. The Morgan fingerprint density at radius 2 is 2.14 bits per heavy atom. The van der Waals surface area contributed by atoms with Gasteiger partial charge in [0.2, 0.25) is 0 Å². The van der Waals surface area contributed by atoms with Gasteiger partial charge in [0.15, 0.2) is 5.65 Å². The van der Waals surface area contributed by atoms with Crippen molar-refractivity contribution >= 4 is 38.7 Å². The fraction of sp³-hybridized carbons (Fsp3) is 0.200. The number of hydrogen-bond donors (Lipinski definition) is 0. The van der Waals surface area contributed by atoms with Crippen molar-refractivity contribution in [2.45, 2.75) is 13.3 Å². The van der Waals surface area contributed by atoms with Gasteiger partial charge in [0.1, 0.15) is 17.2 Å². The zero-order valence-electron chi connectivity index (χ0n) is 11.3. The van der Waals surface area contributed by atoms with Crippen molar-refractivity contribution in [1.29, 1.82) is 0 Å². The van der Waals surface area contributed by atoms with Gasteiger partial charge >= 0.3 is 0 Å². The van der Waals surface area contributed by atoms with Crippen molar-refractivity contribution in [2.75, 3.05) is 5.88 Å². The van der Waals surface area contributed by atoms with E-state index in [2.05, 4.69) is 25.9 Å². The molecule has 3 rings (SSSR count). The van der Waals surface area contributed by atoms with E-state index in [1.165, 1.54) is 6.07 Å². The first-order valence-corrected chi connectivity index (χ1v) is 7.79. The van der Waals surface area contributed by atoms with E-state index < -0.39 is 0 Å². The number of fused-ring (bicyclic) bond motifs is 1. The third-order valence-corrected chi connectivity index (χ3v) is 4.13. The number of aryl methyl sites for hydroxylation is 2. The summed E-state index contributed by atoms with van der Waals surface area (Å²) in [5.74, 6) is 0.906. The van der Waals surface area contributed by atoms with Crippen LogP contribution in [-0.2, 0) is 6.42 Å². The summed E-state index contributed by atoms with van der Waals surface area (Å²) >= 11 is 9.03. The molecule has 0 N–H and O–H groups in total. The van der Waals surface area contributed by atoms with E-state index in [0.717, 1.165) is 22.6 Å². The summed E-state index contributed by atoms with van der Waals surface area (Å²) in [7, 11) is 0. The van der Waals surface area contributed by atoms with Gasteiger partial charge in [-0.05, 0) is 52.7 Å². The third-order valence-electron chi connectivity index (χ3n) is 3.30. The van der Waals surface area contributed by atoms with E-state index in [1.54, 1.807) is 12.3 Å². The Morgan fingerprint density at radius 3 is 2.86 bits per heavy atom. The zero-order chi connectivity index (χ0) is 15.0. The Morgan fingerprint density at radius 1 is 1.33 bits per heavy atom. The zero-order valence-corrected chi connectivity index (χ0v) is 13.6. The molecule has 21 heavy (non-hydrogen) atoms. The molecule has 1 aromatic carbocycles. The summed E-state index contributed by atoms with van der Waals surface area (Å²) in [5, 5.41) is 0. The topological polar surface area (TPSA) is 30.7 Å². The Kier molecular flexibility index (Phi) is 3.95. The summed E-state index contributed by atoms with van der Waals surface area (Å²) in [6.07, 6.45) is 2.32. The number of pyridine rings is 1. The fourth-order valence-corrected chi connectivity index (χ4v) is 2.70. The molecule has 2 aromatic heterocycles. The molecule has 3 aromatic rings. The van der Waals surface area contributed by atoms with E-state index in [0.29, 0.717) is 22.5 Å². The maximum absolute atomic E-state index is 13.8. The van der Waals surface area contributed by atoms with Crippen molar-refractivity contribution in [3.05, 3.63) is 52.1 Å². The Labute approximate surface area is 134 Å². The van der Waals surface area contributed by atoms with Gasteiger partial charge in [-0.25, -0.2) is 14.4 Å². The van der Waals surface area contributed by atoms with E-state index >= 15 is 0 Å². The van der Waals surface area contributed by atoms with Crippen LogP contribution in [0, 0.1) is 12.7 Å². The van der Waals surface area contributed by atoms with Gasteiger partial charge in [0.25, 0.3) is 0 Å². The Bertz CT molecular complexity index is 816. The number of hydrogen-bond acceptors (Lipinski definition) is 2. The fourth-order valence-electron chi connectivity index (χ4n) is 2.29. The summed E-state index contributed by atoms with van der Waals surface area (Å²) in [5.41, 5.74) is 3.27. The highest BCUT2D eigenvalue weighted by molar-refractivity contribution is 9.10. The van der Waals surface area contributed by atoms with Gasteiger partial charge in [-0.3, -0.25) is 4.57 Å². The summed E-state index contributed by atoms with van der Waals surface area (Å²) < 4.78 is 16.1. The molecule has 3 nitrogen and oxygen atoms in total. The maximum Gasteiger partial charge on any atom is 0.164 e. The number of imidazole rings is 1. The minimum atomic E-state index is -0.321. The molecule has 2 heterocycles. The third kappa shape index (κ3) is 2.56. The van der Waals surface area contributed by atoms with Crippen LogP contribution in [0.5, 0.6) is 0 Å². The van der Waals surface area contributed by atoms with Crippen LogP contribution in [0.15, 0.2) is 34.9 Å². The molecule has 0 spiro atoms. The van der Waals surface area contributed by atoms with Gasteiger partial charge in [0, 0.05) is 18.5 Å². The molecule has 0 amide bonds. The first kappa shape index (κ1) is 14.5. The highest BCUT2D eigenvalue weighted by Crippen LogP contribution is 2.25. The predicted molar refractivity (Wildman–Crippen MR) is 85.7 cm³/mol. The smallest absolute Gasteiger partial charge is 0.164 e. The normalized spacial score (nSPS) is 11.2. The van der Waals surface area contributed by atoms with Gasteiger partial charge in [-0.1, -0.05) is 0 Å². The molecular formula is C15H12BrClFN3. The minimum Gasteiger partial charge on any atom is -0.281 e. The van der Waals surface area contributed by atoms with Crippen molar-refractivity contribution in [1.82, 2.24) is 14.5 Å². The first-order valence-electron chi connectivity index (χ1n) is 6.46. The molecular weight excluding hydrogens is 357 g/mol. The Hall–Kier alpha value is -1.46. The van der Waals surface area contributed by atoms with Gasteiger partial charge in [-0.15, -0.1) is 11.6 Å². The van der Waals surface area contributed by atoms with Crippen molar-refractivity contribution in [3.63, 3.8) is 0 Å². The first-order chi connectivity index (χ1) is 10.1. The lowest BCUT2D eigenvalue weighted by Crippen LogP contribution is -2.03. The molecule has 0 radical (unpaired) electrons. The average Bonchev–Trinajstić information content (AvgIpc) is 2.82. The molecule has 0 fully saturated rings. The minimum absolute atomic E-state index is 0.321. The van der Waals surface area contributed by atoms with E-state index in [4.69, 9.17) is 11.6 Å². The van der Waals surface area contributed by atoms with Crippen LogP contribution in [-0.4, -0.2) is 20.4 Å². The largest absolute Gasteiger partial charge is 0.281 e. The summed E-state index contributed by atoms with van der Waals surface area (Å²) in [6.45, 7) is 1.98. The number of nitrogens with zero attached hydrogens (tertiary/aromatic N) is 3. The maximum atomic E-state index is 13.8. The average molecular weight is 369 g/mol. The monoisotopic (exact) mass is 367 g/mol. The molecule has 0 unspecified atom stereocenters. The predicted octanol–water partition coefficient (Wildman–Crippen LogP) is 4.41. The van der Waals surface area contributed by atoms with Gasteiger partial charge < -0.3 is 0 Å². The second kappa shape index (κ2) is 5.73. The lowest BCUT2D eigenvalue weighted by Gasteiger charge is -2.08. The van der Waals surface area contributed by atoms with E-state index in [-0.39, 0.29) is 5.82 Å². The van der Waals surface area contributed by atoms with Gasteiger partial charge in [-0.2, -0.15) is 0 Å². The lowest BCUT2D eigenvalue weighted by atomic mass is 10.2. The standard InChI is InChI=1S/C15H12BrClFN3/c1-9-5-7-19-15-14(9)20-13(4-6-17)21(15)10-2-3-11(16)12(18)8-10/h2-3,5,7-8H,4,6H2,1H3. The highest BCUT2D eigenvalue weighted by atomic mass is 79.9. The second-order valence-corrected chi connectivity index (χ2v) is 5.93. The lowest BCUT2D eigenvalue weighted by molar-refractivity contribution is 0.619. The number of rotatable bonds is 3. The van der Waals surface area contributed by atoms with E-state index in [1.807, 2.05) is 23.6 Å². The number of halogens is 3. The summed E-state index contributed by atoms with van der Waals surface area (Å²) in [4.78, 5) is 9.01. The number of aromatic nitrogens is 3.